The summed E-state index contributed by atoms with van der Waals surface area (Å²) in [5.74, 6) is 0. The molecule has 0 aromatic heterocycles. The second-order valence-corrected chi connectivity index (χ2v) is 5.32. The molecule has 0 radical (unpaired) electrons. The largest absolute Gasteiger partial charge is 0.376 e. The van der Waals surface area contributed by atoms with E-state index in [4.69, 9.17) is 15.2 Å². The van der Waals surface area contributed by atoms with E-state index in [1.807, 2.05) is 12.1 Å². The van der Waals surface area contributed by atoms with Crippen LogP contribution in [0, 0.1) is 6.92 Å². The minimum absolute atomic E-state index is 0.0301. The van der Waals surface area contributed by atoms with Crippen molar-refractivity contribution < 1.29 is 9.47 Å². The van der Waals surface area contributed by atoms with E-state index in [0.29, 0.717) is 6.61 Å². The van der Waals surface area contributed by atoms with E-state index in [-0.39, 0.29) is 18.2 Å². The first-order valence-corrected chi connectivity index (χ1v) is 7.26. The number of hydrogen-bond donors (Lipinski definition) is 1. The van der Waals surface area contributed by atoms with E-state index in [0.717, 1.165) is 25.9 Å². The van der Waals surface area contributed by atoms with E-state index in [1.165, 1.54) is 11.1 Å². The smallest absolute Gasteiger partial charge is 0.0979 e. The summed E-state index contributed by atoms with van der Waals surface area (Å²) in [5.41, 5.74) is 8.68. The van der Waals surface area contributed by atoms with Crippen molar-refractivity contribution in [1.82, 2.24) is 0 Å². The van der Waals surface area contributed by atoms with Crippen LogP contribution in [-0.4, -0.2) is 25.4 Å². The second-order valence-electron chi connectivity index (χ2n) is 5.32. The molecule has 0 amide bonds. The fourth-order valence-electron chi connectivity index (χ4n) is 2.55. The zero-order chi connectivity index (χ0) is 13.7. The number of hydrogen-bond acceptors (Lipinski definition) is 3. The predicted molar refractivity (Wildman–Crippen MR) is 77.1 cm³/mol. The first-order chi connectivity index (χ1) is 9.22. The third kappa shape index (κ3) is 3.78. The Hall–Kier alpha value is -0.900. The number of ether oxygens (including phenoxy) is 2. The van der Waals surface area contributed by atoms with Crippen molar-refractivity contribution >= 4 is 0 Å². The van der Waals surface area contributed by atoms with Crippen molar-refractivity contribution in [3.63, 3.8) is 0 Å². The van der Waals surface area contributed by atoms with Crippen LogP contribution in [0.3, 0.4) is 0 Å². The molecular weight excluding hydrogens is 238 g/mol. The topological polar surface area (TPSA) is 44.5 Å². The fraction of sp³-hybridized carbons (Fsp3) is 0.625. The second kappa shape index (κ2) is 7.04. The molecule has 2 rings (SSSR count). The van der Waals surface area contributed by atoms with Gasteiger partial charge in [0, 0.05) is 12.6 Å². The van der Waals surface area contributed by atoms with Gasteiger partial charge in [-0.05, 0) is 37.3 Å². The van der Waals surface area contributed by atoms with Gasteiger partial charge >= 0.3 is 0 Å². The van der Waals surface area contributed by atoms with E-state index >= 15 is 0 Å². The predicted octanol–water partition coefficient (Wildman–Crippen LogP) is 2.97. The fourth-order valence-corrected chi connectivity index (χ4v) is 2.55. The Balaban J connectivity index is 2.05. The molecule has 1 aliphatic heterocycles. The average Bonchev–Trinajstić information content (AvgIpc) is 2.93. The van der Waals surface area contributed by atoms with E-state index < -0.39 is 0 Å². The van der Waals surface area contributed by atoms with E-state index in [1.54, 1.807) is 0 Å². The summed E-state index contributed by atoms with van der Waals surface area (Å²) in [6, 6.07) is 8.36. The maximum atomic E-state index is 6.24. The summed E-state index contributed by atoms with van der Waals surface area (Å²) in [5, 5.41) is 0. The van der Waals surface area contributed by atoms with Crippen molar-refractivity contribution in [3.05, 3.63) is 35.4 Å². The lowest BCUT2D eigenvalue weighted by Crippen LogP contribution is -2.32. The molecule has 0 spiro atoms. The number of aryl methyl sites for hydroxylation is 1. The minimum atomic E-state index is -0.0320. The highest BCUT2D eigenvalue weighted by molar-refractivity contribution is 5.28. The molecule has 1 fully saturated rings. The average molecular weight is 263 g/mol. The van der Waals surface area contributed by atoms with Crippen LogP contribution in [0.5, 0.6) is 0 Å². The molecule has 3 heteroatoms. The lowest BCUT2D eigenvalue weighted by molar-refractivity contribution is -0.0312. The normalized spacial score (nSPS) is 22.4. The third-order valence-electron chi connectivity index (χ3n) is 3.84. The molecule has 1 aromatic carbocycles. The molecule has 19 heavy (non-hydrogen) atoms. The van der Waals surface area contributed by atoms with Crippen LogP contribution in [-0.2, 0) is 9.47 Å². The standard InChI is InChI=1S/C16H25NO2/c1-3-15(17)16(14-9-5-4-7-12(14)2)19-11-13-8-6-10-18-13/h4-5,7,9,13,15-16H,3,6,8,10-11,17H2,1-2H3. The summed E-state index contributed by atoms with van der Waals surface area (Å²) in [4.78, 5) is 0. The quantitative estimate of drug-likeness (QED) is 0.858. The van der Waals surface area contributed by atoms with Gasteiger partial charge in [0.15, 0.2) is 0 Å². The molecule has 0 saturated carbocycles. The Morgan fingerprint density at radius 1 is 1.42 bits per heavy atom. The minimum Gasteiger partial charge on any atom is -0.376 e. The van der Waals surface area contributed by atoms with Crippen molar-refractivity contribution in [2.75, 3.05) is 13.2 Å². The Morgan fingerprint density at radius 2 is 2.21 bits per heavy atom. The molecule has 1 saturated heterocycles. The maximum Gasteiger partial charge on any atom is 0.0979 e. The first kappa shape index (κ1) is 14.5. The molecule has 1 aliphatic rings. The van der Waals surface area contributed by atoms with Crippen LogP contribution in [0.1, 0.15) is 43.4 Å². The highest BCUT2D eigenvalue weighted by Crippen LogP contribution is 2.26. The van der Waals surface area contributed by atoms with E-state index in [9.17, 15) is 0 Å². The monoisotopic (exact) mass is 263 g/mol. The number of benzene rings is 1. The Morgan fingerprint density at radius 3 is 2.84 bits per heavy atom. The van der Waals surface area contributed by atoms with Gasteiger partial charge < -0.3 is 15.2 Å². The SMILES string of the molecule is CCC(N)C(OCC1CCCO1)c1ccccc1C. The summed E-state index contributed by atoms with van der Waals surface area (Å²) in [6.45, 7) is 5.72. The van der Waals surface area contributed by atoms with Gasteiger partial charge in [0.05, 0.1) is 18.8 Å². The molecule has 3 unspecified atom stereocenters. The van der Waals surface area contributed by atoms with Crippen LogP contribution in [0.4, 0.5) is 0 Å². The third-order valence-corrected chi connectivity index (χ3v) is 3.84. The van der Waals surface area contributed by atoms with E-state index in [2.05, 4.69) is 26.0 Å². The van der Waals surface area contributed by atoms with Crippen LogP contribution in [0.25, 0.3) is 0 Å². The Kier molecular flexibility index (Phi) is 5.37. The highest BCUT2D eigenvalue weighted by Gasteiger charge is 2.24. The maximum absolute atomic E-state index is 6.24. The van der Waals surface area contributed by atoms with Gasteiger partial charge in [-0.15, -0.1) is 0 Å². The zero-order valence-electron chi connectivity index (χ0n) is 12.0. The van der Waals surface area contributed by atoms with Gasteiger partial charge in [-0.3, -0.25) is 0 Å². The van der Waals surface area contributed by atoms with Gasteiger partial charge in [0.1, 0.15) is 0 Å². The van der Waals surface area contributed by atoms with Gasteiger partial charge in [0.2, 0.25) is 0 Å². The van der Waals surface area contributed by atoms with Crippen LogP contribution >= 0.6 is 0 Å². The van der Waals surface area contributed by atoms with Crippen molar-refractivity contribution in [1.29, 1.82) is 0 Å². The van der Waals surface area contributed by atoms with Crippen molar-refractivity contribution in [2.45, 2.75) is 51.4 Å². The molecule has 3 atom stereocenters. The Labute approximate surface area is 116 Å². The molecule has 106 valence electrons. The molecule has 3 nitrogen and oxygen atoms in total. The van der Waals surface area contributed by atoms with Crippen LogP contribution < -0.4 is 5.73 Å². The molecule has 1 heterocycles. The summed E-state index contributed by atoms with van der Waals surface area (Å²) >= 11 is 0. The summed E-state index contributed by atoms with van der Waals surface area (Å²) in [7, 11) is 0. The van der Waals surface area contributed by atoms with Gasteiger partial charge in [-0.1, -0.05) is 31.2 Å². The van der Waals surface area contributed by atoms with Gasteiger partial charge in [-0.25, -0.2) is 0 Å². The van der Waals surface area contributed by atoms with Gasteiger partial charge in [-0.2, -0.15) is 0 Å². The van der Waals surface area contributed by atoms with Crippen LogP contribution in [0.2, 0.25) is 0 Å². The van der Waals surface area contributed by atoms with Crippen molar-refractivity contribution in [2.24, 2.45) is 5.73 Å². The van der Waals surface area contributed by atoms with Crippen molar-refractivity contribution in [3.8, 4) is 0 Å². The summed E-state index contributed by atoms with van der Waals surface area (Å²) in [6.07, 6.45) is 3.36. The van der Waals surface area contributed by atoms with Crippen LogP contribution in [0.15, 0.2) is 24.3 Å². The molecule has 1 aromatic rings. The summed E-state index contributed by atoms with van der Waals surface area (Å²) < 4.78 is 11.7. The number of nitrogens with two attached hydrogens (primary N) is 1. The first-order valence-electron chi connectivity index (χ1n) is 7.26. The molecule has 0 bridgehead atoms. The number of rotatable bonds is 6. The Bertz CT molecular complexity index is 388. The molecular formula is C16H25NO2. The van der Waals surface area contributed by atoms with Gasteiger partial charge in [0.25, 0.3) is 0 Å². The lowest BCUT2D eigenvalue weighted by atomic mass is 9.97. The zero-order valence-corrected chi connectivity index (χ0v) is 12.0. The highest BCUT2D eigenvalue weighted by atomic mass is 16.5. The lowest BCUT2D eigenvalue weighted by Gasteiger charge is -2.26. The molecule has 2 N–H and O–H groups in total. The molecule has 0 aliphatic carbocycles.